The first-order chi connectivity index (χ1) is 7.65. The maximum atomic E-state index is 10.5. The third-order valence-corrected chi connectivity index (χ3v) is 2.62. The van der Waals surface area contributed by atoms with Crippen LogP contribution in [0.4, 0.5) is 0 Å². The summed E-state index contributed by atoms with van der Waals surface area (Å²) in [5.41, 5.74) is 1.74. The number of benzene rings is 1. The highest BCUT2D eigenvalue weighted by Crippen LogP contribution is 2.19. The first-order valence-electron chi connectivity index (χ1n) is 4.64. The maximum Gasteiger partial charge on any atom is 0.323 e. The zero-order valence-corrected chi connectivity index (χ0v) is 11.1. The number of aromatic nitrogens is 2. The van der Waals surface area contributed by atoms with Crippen molar-refractivity contribution in [1.29, 1.82) is 0 Å². The van der Waals surface area contributed by atoms with Crippen LogP contribution in [0.15, 0.2) is 41.3 Å². The van der Waals surface area contributed by atoms with Crippen LogP contribution in [0.5, 0.6) is 0 Å². The van der Waals surface area contributed by atoms with Crippen molar-refractivity contribution in [2.24, 2.45) is 0 Å². The van der Waals surface area contributed by atoms with Gasteiger partial charge in [-0.15, -0.1) is 12.4 Å². The zero-order valence-electron chi connectivity index (χ0n) is 8.71. The lowest BCUT2D eigenvalue weighted by Crippen LogP contribution is -2.06. The second kappa shape index (κ2) is 5.84. The lowest BCUT2D eigenvalue weighted by atomic mass is 10.2. The Bertz CT molecular complexity index is 510. The second-order valence-corrected chi connectivity index (χ2v) is 4.25. The molecule has 0 saturated carbocycles. The Morgan fingerprint density at radius 2 is 2.00 bits per heavy atom. The fraction of sp³-hybridized carbons (Fsp3) is 0.0909. The Kier molecular flexibility index (Phi) is 4.72. The highest BCUT2D eigenvalue weighted by atomic mass is 79.9. The van der Waals surface area contributed by atoms with Gasteiger partial charge in [0.05, 0.1) is 12.0 Å². The van der Waals surface area contributed by atoms with E-state index in [1.54, 1.807) is 10.8 Å². The van der Waals surface area contributed by atoms with Crippen LogP contribution in [0.3, 0.4) is 0 Å². The van der Waals surface area contributed by atoms with E-state index >= 15 is 0 Å². The van der Waals surface area contributed by atoms with Crippen LogP contribution in [0, 0.1) is 0 Å². The van der Waals surface area contributed by atoms with Gasteiger partial charge >= 0.3 is 5.97 Å². The molecule has 0 aliphatic heterocycles. The van der Waals surface area contributed by atoms with Crippen molar-refractivity contribution < 1.29 is 9.90 Å². The van der Waals surface area contributed by atoms with E-state index in [0.29, 0.717) is 0 Å². The normalized spacial score (nSPS) is 9.71. The minimum Gasteiger partial charge on any atom is -0.480 e. The van der Waals surface area contributed by atoms with Crippen molar-refractivity contribution in [3.63, 3.8) is 0 Å². The first kappa shape index (κ1) is 13.7. The number of nitrogens with zero attached hydrogens (tertiary/aromatic N) is 2. The second-order valence-electron chi connectivity index (χ2n) is 3.33. The standard InChI is InChI=1S/C11H9BrN2O2.ClH/c12-9-3-1-8(2-4-9)10-5-14(7-13-10)6-11(15)16;/h1-5,7H,6H2,(H,15,16);1H. The van der Waals surface area contributed by atoms with E-state index in [1.807, 2.05) is 24.3 Å². The quantitative estimate of drug-likeness (QED) is 0.947. The summed E-state index contributed by atoms with van der Waals surface area (Å²) in [5.74, 6) is -0.875. The molecule has 0 aliphatic rings. The molecular formula is C11H10BrClN2O2. The van der Waals surface area contributed by atoms with E-state index in [1.165, 1.54) is 6.33 Å². The molecule has 1 N–H and O–H groups in total. The Hall–Kier alpha value is -1.33. The smallest absolute Gasteiger partial charge is 0.323 e. The molecule has 17 heavy (non-hydrogen) atoms. The molecule has 1 aromatic heterocycles. The topological polar surface area (TPSA) is 55.1 Å². The number of imidazole rings is 1. The van der Waals surface area contributed by atoms with Gasteiger partial charge in [0, 0.05) is 16.2 Å². The molecule has 2 aromatic rings. The minimum atomic E-state index is -0.875. The molecule has 6 heteroatoms. The maximum absolute atomic E-state index is 10.5. The molecular weight excluding hydrogens is 307 g/mol. The summed E-state index contributed by atoms with van der Waals surface area (Å²) >= 11 is 3.35. The number of rotatable bonds is 3. The fourth-order valence-electron chi connectivity index (χ4n) is 1.37. The Morgan fingerprint density at radius 3 is 2.59 bits per heavy atom. The van der Waals surface area contributed by atoms with E-state index in [9.17, 15) is 4.79 Å². The Morgan fingerprint density at radius 1 is 1.35 bits per heavy atom. The summed E-state index contributed by atoms with van der Waals surface area (Å²) in [7, 11) is 0. The lowest BCUT2D eigenvalue weighted by Gasteiger charge is -1.96. The number of hydrogen-bond acceptors (Lipinski definition) is 2. The molecule has 2 rings (SSSR count). The van der Waals surface area contributed by atoms with Crippen LogP contribution >= 0.6 is 28.3 Å². The molecule has 0 spiro atoms. The van der Waals surface area contributed by atoms with Gasteiger partial charge in [0.15, 0.2) is 0 Å². The van der Waals surface area contributed by atoms with E-state index in [-0.39, 0.29) is 19.0 Å². The molecule has 0 atom stereocenters. The Labute approximate surface area is 113 Å². The van der Waals surface area contributed by atoms with Crippen molar-refractivity contribution in [3.05, 3.63) is 41.3 Å². The summed E-state index contributed by atoms with van der Waals surface area (Å²) in [6.07, 6.45) is 3.24. The van der Waals surface area contributed by atoms with Gasteiger partial charge in [0.25, 0.3) is 0 Å². The van der Waals surface area contributed by atoms with Crippen LogP contribution in [0.1, 0.15) is 0 Å². The third-order valence-electron chi connectivity index (χ3n) is 2.09. The molecule has 0 saturated heterocycles. The average Bonchev–Trinajstić information content (AvgIpc) is 2.66. The number of carboxylic acid groups (broad SMARTS) is 1. The predicted octanol–water partition coefficient (Wildman–Crippen LogP) is 2.82. The van der Waals surface area contributed by atoms with Crippen molar-refractivity contribution in [2.45, 2.75) is 6.54 Å². The van der Waals surface area contributed by atoms with Gasteiger partial charge in [-0.05, 0) is 12.1 Å². The van der Waals surface area contributed by atoms with Gasteiger partial charge in [-0.25, -0.2) is 4.98 Å². The number of aliphatic carboxylic acids is 1. The molecule has 4 nitrogen and oxygen atoms in total. The fourth-order valence-corrected chi connectivity index (χ4v) is 1.64. The van der Waals surface area contributed by atoms with E-state index in [4.69, 9.17) is 5.11 Å². The van der Waals surface area contributed by atoms with Crippen molar-refractivity contribution in [1.82, 2.24) is 9.55 Å². The van der Waals surface area contributed by atoms with E-state index < -0.39 is 5.97 Å². The first-order valence-corrected chi connectivity index (χ1v) is 5.44. The van der Waals surface area contributed by atoms with Gasteiger partial charge in [0.1, 0.15) is 6.54 Å². The van der Waals surface area contributed by atoms with Crippen LogP contribution in [0.25, 0.3) is 11.3 Å². The zero-order chi connectivity index (χ0) is 11.5. The summed E-state index contributed by atoms with van der Waals surface area (Å²) in [6.45, 7) is -0.0659. The molecule has 0 fully saturated rings. The van der Waals surface area contributed by atoms with Crippen LogP contribution in [-0.2, 0) is 11.3 Å². The van der Waals surface area contributed by atoms with E-state index in [2.05, 4.69) is 20.9 Å². The molecule has 0 radical (unpaired) electrons. The summed E-state index contributed by atoms with van der Waals surface area (Å²) in [6, 6.07) is 7.70. The van der Waals surface area contributed by atoms with Crippen molar-refractivity contribution in [3.8, 4) is 11.3 Å². The monoisotopic (exact) mass is 316 g/mol. The molecule has 0 unspecified atom stereocenters. The predicted molar refractivity (Wildman–Crippen MR) is 70.2 cm³/mol. The van der Waals surface area contributed by atoms with Gasteiger partial charge in [0.2, 0.25) is 0 Å². The number of halogens is 2. The van der Waals surface area contributed by atoms with Crippen LogP contribution in [0.2, 0.25) is 0 Å². The van der Waals surface area contributed by atoms with Gasteiger partial charge in [-0.3, -0.25) is 4.79 Å². The largest absolute Gasteiger partial charge is 0.480 e. The highest BCUT2D eigenvalue weighted by molar-refractivity contribution is 9.10. The van der Waals surface area contributed by atoms with Crippen molar-refractivity contribution >= 4 is 34.3 Å². The van der Waals surface area contributed by atoms with Gasteiger partial charge in [-0.1, -0.05) is 28.1 Å². The van der Waals surface area contributed by atoms with Crippen molar-refractivity contribution in [2.75, 3.05) is 0 Å². The molecule has 0 bridgehead atoms. The molecule has 0 aliphatic carbocycles. The minimum absolute atomic E-state index is 0. The summed E-state index contributed by atoms with van der Waals surface area (Å²) in [5, 5.41) is 8.63. The SMILES string of the molecule is Cl.O=C(O)Cn1cnc(-c2ccc(Br)cc2)c1. The third kappa shape index (κ3) is 3.57. The molecule has 1 aromatic carbocycles. The van der Waals surface area contributed by atoms with E-state index in [0.717, 1.165) is 15.7 Å². The lowest BCUT2D eigenvalue weighted by molar-refractivity contribution is -0.137. The molecule has 90 valence electrons. The molecule has 1 heterocycles. The summed E-state index contributed by atoms with van der Waals surface area (Å²) < 4.78 is 2.54. The van der Waals surface area contributed by atoms with Gasteiger partial charge < -0.3 is 9.67 Å². The number of carboxylic acids is 1. The summed E-state index contributed by atoms with van der Waals surface area (Å²) in [4.78, 5) is 14.7. The highest BCUT2D eigenvalue weighted by Gasteiger charge is 2.04. The van der Waals surface area contributed by atoms with Gasteiger partial charge in [-0.2, -0.15) is 0 Å². The number of hydrogen-bond donors (Lipinski definition) is 1. The average molecular weight is 318 g/mol. The molecule has 0 amide bonds. The number of carbonyl (C=O) groups is 1. The van der Waals surface area contributed by atoms with Crippen LogP contribution < -0.4 is 0 Å². The Balaban J connectivity index is 0.00000144. The van der Waals surface area contributed by atoms with Crippen LogP contribution in [-0.4, -0.2) is 20.6 Å².